The molecule has 2 rings (SSSR count). The van der Waals surface area contributed by atoms with Crippen molar-refractivity contribution >= 4 is 25.0 Å². The molecule has 0 N–H and O–H groups in total. The lowest BCUT2D eigenvalue weighted by atomic mass is 10.1. The van der Waals surface area contributed by atoms with Crippen LogP contribution < -0.4 is 15.5 Å². The lowest BCUT2D eigenvalue weighted by molar-refractivity contribution is -0.177. The number of ketones is 1. The van der Waals surface area contributed by atoms with Crippen molar-refractivity contribution < 1.29 is 14.6 Å². The number of hydrogen-bond donors (Lipinski definition) is 0. The first-order valence-electron chi connectivity index (χ1n) is 6.72. The van der Waals surface area contributed by atoms with Gasteiger partial charge in [0.2, 0.25) is 0 Å². The molecule has 0 aromatic heterocycles. The Kier molecular flexibility index (Phi) is 5.11. The van der Waals surface area contributed by atoms with Crippen LogP contribution in [0.3, 0.4) is 0 Å². The number of aryl methyl sites for hydroxylation is 2. The maximum Gasteiger partial charge on any atom is 0.175 e. The molecule has 0 saturated heterocycles. The zero-order valence-electron chi connectivity index (χ0n) is 12.7. The van der Waals surface area contributed by atoms with E-state index in [-0.39, 0.29) is 5.78 Å². The lowest BCUT2D eigenvalue weighted by Gasteiger charge is -2.14. The highest BCUT2D eigenvalue weighted by Crippen LogP contribution is 2.26. The predicted molar refractivity (Wildman–Crippen MR) is 87.6 cm³/mol. The fourth-order valence-corrected chi connectivity index (χ4v) is 3.80. The SMILES string of the molecule is COOc1c(C)cc(C)cc1Pc1ccccc1C(C)=O. The Morgan fingerprint density at radius 1 is 1.10 bits per heavy atom. The van der Waals surface area contributed by atoms with Gasteiger partial charge in [-0.1, -0.05) is 38.9 Å². The molecule has 4 heteroatoms. The Bertz CT molecular complexity index is 665. The van der Waals surface area contributed by atoms with E-state index in [1.807, 2.05) is 31.2 Å². The number of carbonyl (C=O) groups excluding carboxylic acids is 1. The molecule has 1 unspecified atom stereocenters. The molecule has 0 aliphatic heterocycles. The van der Waals surface area contributed by atoms with Crippen LogP contribution in [0.4, 0.5) is 0 Å². The number of carbonyl (C=O) groups is 1. The molecule has 0 aliphatic rings. The van der Waals surface area contributed by atoms with Gasteiger partial charge in [0, 0.05) is 10.9 Å². The van der Waals surface area contributed by atoms with Crippen LogP contribution in [0.1, 0.15) is 28.4 Å². The maximum absolute atomic E-state index is 11.7. The molecule has 2 aromatic rings. The van der Waals surface area contributed by atoms with Crippen molar-refractivity contribution in [2.24, 2.45) is 0 Å². The van der Waals surface area contributed by atoms with Gasteiger partial charge < -0.3 is 4.89 Å². The minimum Gasteiger partial charge on any atom is -0.337 e. The fraction of sp³-hybridized carbons (Fsp3) is 0.235. The summed E-state index contributed by atoms with van der Waals surface area (Å²) >= 11 is 0. The summed E-state index contributed by atoms with van der Waals surface area (Å²) in [5.74, 6) is 0.816. The van der Waals surface area contributed by atoms with Crippen LogP contribution in [0.15, 0.2) is 36.4 Å². The topological polar surface area (TPSA) is 35.5 Å². The highest BCUT2D eigenvalue weighted by molar-refractivity contribution is 7.56. The van der Waals surface area contributed by atoms with E-state index in [0.717, 1.165) is 27.5 Å². The van der Waals surface area contributed by atoms with Crippen LogP contribution in [0.5, 0.6) is 5.75 Å². The average molecular weight is 302 g/mol. The van der Waals surface area contributed by atoms with E-state index in [1.165, 1.54) is 12.7 Å². The third-order valence-electron chi connectivity index (χ3n) is 3.16. The van der Waals surface area contributed by atoms with Gasteiger partial charge in [-0.2, -0.15) is 4.89 Å². The highest BCUT2D eigenvalue weighted by atomic mass is 31.1. The zero-order valence-corrected chi connectivity index (χ0v) is 13.7. The quantitative estimate of drug-likeness (QED) is 0.368. The summed E-state index contributed by atoms with van der Waals surface area (Å²) in [6, 6.07) is 11.8. The van der Waals surface area contributed by atoms with E-state index in [4.69, 9.17) is 9.78 Å². The summed E-state index contributed by atoms with van der Waals surface area (Å²) in [6.45, 7) is 5.64. The van der Waals surface area contributed by atoms with Crippen molar-refractivity contribution in [2.75, 3.05) is 7.11 Å². The van der Waals surface area contributed by atoms with Crippen molar-refractivity contribution in [2.45, 2.75) is 20.8 Å². The van der Waals surface area contributed by atoms with Crippen LogP contribution in [-0.2, 0) is 4.89 Å². The standard InChI is InChI=1S/C17H19O3P/c1-11-9-12(2)17(20-19-4)16(10-11)21-15-8-6-5-7-14(15)13(3)18/h5-10,21H,1-4H3. The van der Waals surface area contributed by atoms with Gasteiger partial charge in [0.1, 0.15) is 0 Å². The molecule has 1 atom stereocenters. The van der Waals surface area contributed by atoms with Gasteiger partial charge in [-0.25, -0.2) is 0 Å². The summed E-state index contributed by atoms with van der Waals surface area (Å²) in [6.07, 6.45) is 0. The van der Waals surface area contributed by atoms with Crippen molar-refractivity contribution in [1.82, 2.24) is 0 Å². The van der Waals surface area contributed by atoms with Crippen molar-refractivity contribution in [3.63, 3.8) is 0 Å². The molecule has 0 radical (unpaired) electrons. The molecule has 21 heavy (non-hydrogen) atoms. The van der Waals surface area contributed by atoms with Crippen LogP contribution >= 0.6 is 8.58 Å². The van der Waals surface area contributed by atoms with E-state index in [9.17, 15) is 4.79 Å². The van der Waals surface area contributed by atoms with Gasteiger partial charge in [-0.05, 0) is 43.3 Å². The number of benzene rings is 2. The van der Waals surface area contributed by atoms with Crippen LogP contribution in [-0.4, -0.2) is 12.9 Å². The maximum atomic E-state index is 11.7. The Labute approximate surface area is 127 Å². The second kappa shape index (κ2) is 6.84. The normalized spacial score (nSPS) is 11.0. The van der Waals surface area contributed by atoms with Gasteiger partial charge in [-0.15, -0.1) is 0 Å². The molecule has 3 nitrogen and oxygen atoms in total. The van der Waals surface area contributed by atoms with Gasteiger partial charge in [0.15, 0.2) is 11.5 Å². The summed E-state index contributed by atoms with van der Waals surface area (Å²) < 4.78 is 0. The first kappa shape index (κ1) is 15.7. The van der Waals surface area contributed by atoms with Crippen molar-refractivity contribution in [3.05, 3.63) is 53.1 Å². The van der Waals surface area contributed by atoms with Gasteiger partial charge >= 0.3 is 0 Å². The van der Waals surface area contributed by atoms with E-state index in [0.29, 0.717) is 8.58 Å². The van der Waals surface area contributed by atoms with Gasteiger partial charge in [0.25, 0.3) is 0 Å². The molecular weight excluding hydrogens is 283 g/mol. The average Bonchev–Trinajstić information content (AvgIpc) is 2.43. The largest absolute Gasteiger partial charge is 0.337 e. The molecule has 0 heterocycles. The third kappa shape index (κ3) is 3.69. The molecule has 0 spiro atoms. The monoisotopic (exact) mass is 302 g/mol. The molecular formula is C17H19O3P. The van der Waals surface area contributed by atoms with Crippen molar-refractivity contribution in [3.8, 4) is 5.75 Å². The fourth-order valence-electron chi connectivity index (χ4n) is 2.29. The number of hydrogen-bond acceptors (Lipinski definition) is 3. The Morgan fingerprint density at radius 3 is 2.48 bits per heavy atom. The highest BCUT2D eigenvalue weighted by Gasteiger charge is 2.13. The zero-order chi connectivity index (χ0) is 15.4. The molecule has 110 valence electrons. The third-order valence-corrected chi connectivity index (χ3v) is 4.51. The Hall–Kier alpha value is -1.70. The molecule has 0 bridgehead atoms. The van der Waals surface area contributed by atoms with E-state index in [2.05, 4.69) is 19.1 Å². The van der Waals surface area contributed by atoms with Crippen LogP contribution in [0.25, 0.3) is 0 Å². The predicted octanol–water partition coefficient (Wildman–Crippen LogP) is 3.08. The Balaban J connectivity index is 2.46. The summed E-state index contributed by atoms with van der Waals surface area (Å²) in [7, 11) is 1.84. The summed E-state index contributed by atoms with van der Waals surface area (Å²) in [4.78, 5) is 21.9. The van der Waals surface area contributed by atoms with Gasteiger partial charge in [-0.3, -0.25) is 4.79 Å². The minimum atomic E-state index is 0.0803. The van der Waals surface area contributed by atoms with Crippen molar-refractivity contribution in [1.29, 1.82) is 0 Å². The molecule has 2 aromatic carbocycles. The lowest BCUT2D eigenvalue weighted by Crippen LogP contribution is -2.15. The second-order valence-corrected chi connectivity index (χ2v) is 6.26. The van der Waals surface area contributed by atoms with E-state index in [1.54, 1.807) is 6.92 Å². The molecule has 0 saturated carbocycles. The van der Waals surface area contributed by atoms with Crippen LogP contribution in [0, 0.1) is 13.8 Å². The molecule has 0 fully saturated rings. The molecule has 0 aliphatic carbocycles. The first-order chi connectivity index (χ1) is 10.0. The second-order valence-electron chi connectivity index (χ2n) is 4.94. The minimum absolute atomic E-state index is 0.0803. The smallest absolute Gasteiger partial charge is 0.175 e. The van der Waals surface area contributed by atoms with E-state index >= 15 is 0 Å². The van der Waals surface area contributed by atoms with E-state index < -0.39 is 0 Å². The van der Waals surface area contributed by atoms with Crippen LogP contribution in [0.2, 0.25) is 0 Å². The first-order valence-corrected chi connectivity index (χ1v) is 7.72. The molecule has 0 amide bonds. The Morgan fingerprint density at radius 2 is 1.81 bits per heavy atom. The summed E-state index contributed by atoms with van der Waals surface area (Å²) in [5, 5.41) is 2.07. The number of rotatable bonds is 5. The number of Topliss-reactive ketones (excluding diaryl/α,β-unsaturated/α-hetero) is 1. The van der Waals surface area contributed by atoms with Gasteiger partial charge in [0.05, 0.1) is 7.11 Å². The summed E-state index contributed by atoms with van der Waals surface area (Å²) in [5.41, 5.74) is 2.96.